The van der Waals surface area contributed by atoms with Gasteiger partial charge in [0, 0.05) is 31.3 Å². The molecule has 1 aromatic carbocycles. The Hall–Kier alpha value is -3.03. The van der Waals surface area contributed by atoms with Crippen molar-refractivity contribution < 1.29 is 19.1 Å². The van der Waals surface area contributed by atoms with E-state index in [0.29, 0.717) is 42.5 Å². The van der Waals surface area contributed by atoms with Gasteiger partial charge in [0.05, 0.1) is 20.8 Å². The van der Waals surface area contributed by atoms with Gasteiger partial charge in [0.15, 0.2) is 5.69 Å². The summed E-state index contributed by atoms with van der Waals surface area (Å²) in [6, 6.07) is 7.41. The van der Waals surface area contributed by atoms with E-state index in [1.807, 2.05) is 12.1 Å². The molecule has 0 bridgehead atoms. The highest BCUT2D eigenvalue weighted by atomic mass is 16.5. The van der Waals surface area contributed by atoms with Gasteiger partial charge < -0.3 is 19.7 Å². The number of amides is 2. The third-order valence-electron chi connectivity index (χ3n) is 5.83. The van der Waals surface area contributed by atoms with Crippen LogP contribution in [0.3, 0.4) is 0 Å². The predicted molar refractivity (Wildman–Crippen MR) is 111 cm³/mol. The van der Waals surface area contributed by atoms with E-state index in [1.54, 1.807) is 35.9 Å². The number of carbonyl (C=O) groups excluding carboxylic acids is 2. The van der Waals surface area contributed by atoms with E-state index < -0.39 is 0 Å². The van der Waals surface area contributed by atoms with Gasteiger partial charge >= 0.3 is 0 Å². The summed E-state index contributed by atoms with van der Waals surface area (Å²) in [5, 5.41) is 7.45. The SMILES string of the molecule is COc1cc(CN2CCn3nc(C(=O)NC4CCCCC4)cc3C2=O)cc(OC)c1. The Morgan fingerprint density at radius 1 is 1.07 bits per heavy atom. The zero-order valence-electron chi connectivity index (χ0n) is 17.5. The summed E-state index contributed by atoms with van der Waals surface area (Å²) in [7, 11) is 3.20. The molecule has 8 nitrogen and oxygen atoms in total. The van der Waals surface area contributed by atoms with Crippen molar-refractivity contribution in [3.8, 4) is 11.5 Å². The maximum Gasteiger partial charge on any atom is 0.272 e. The van der Waals surface area contributed by atoms with Crippen LogP contribution in [0.1, 0.15) is 58.6 Å². The maximum absolute atomic E-state index is 13.0. The highest BCUT2D eigenvalue weighted by Gasteiger charge is 2.29. The molecule has 0 spiro atoms. The lowest BCUT2D eigenvalue weighted by atomic mass is 9.95. The van der Waals surface area contributed by atoms with Crippen molar-refractivity contribution >= 4 is 11.8 Å². The van der Waals surface area contributed by atoms with E-state index in [9.17, 15) is 9.59 Å². The Morgan fingerprint density at radius 3 is 2.43 bits per heavy atom. The third-order valence-corrected chi connectivity index (χ3v) is 5.83. The fourth-order valence-corrected chi connectivity index (χ4v) is 4.18. The fraction of sp³-hybridized carbons (Fsp3) is 0.500. The van der Waals surface area contributed by atoms with Gasteiger partial charge in [-0.15, -0.1) is 0 Å². The summed E-state index contributed by atoms with van der Waals surface area (Å²) < 4.78 is 12.3. The first-order valence-electron chi connectivity index (χ1n) is 10.5. The highest BCUT2D eigenvalue weighted by Crippen LogP contribution is 2.25. The lowest BCUT2D eigenvalue weighted by Crippen LogP contribution is -2.39. The first-order chi connectivity index (χ1) is 14.6. The lowest BCUT2D eigenvalue weighted by Gasteiger charge is -2.27. The van der Waals surface area contributed by atoms with Gasteiger partial charge in [-0.1, -0.05) is 19.3 Å². The molecule has 160 valence electrons. The molecule has 0 radical (unpaired) electrons. The first kappa shape index (κ1) is 20.3. The number of hydrogen-bond acceptors (Lipinski definition) is 5. The van der Waals surface area contributed by atoms with E-state index in [-0.39, 0.29) is 17.9 Å². The van der Waals surface area contributed by atoms with Gasteiger partial charge in [-0.2, -0.15) is 5.10 Å². The Balaban J connectivity index is 1.47. The second kappa shape index (κ2) is 8.77. The fourth-order valence-electron chi connectivity index (χ4n) is 4.18. The number of nitrogens with zero attached hydrogens (tertiary/aromatic N) is 3. The van der Waals surface area contributed by atoms with Crippen LogP contribution >= 0.6 is 0 Å². The molecule has 1 fully saturated rings. The number of rotatable bonds is 6. The van der Waals surface area contributed by atoms with Gasteiger partial charge in [-0.25, -0.2) is 0 Å². The van der Waals surface area contributed by atoms with Gasteiger partial charge in [-0.05, 0) is 30.5 Å². The van der Waals surface area contributed by atoms with Crippen molar-refractivity contribution in [3.63, 3.8) is 0 Å². The molecule has 2 heterocycles. The van der Waals surface area contributed by atoms with Gasteiger partial charge in [0.2, 0.25) is 0 Å². The summed E-state index contributed by atoms with van der Waals surface area (Å²) in [6.07, 6.45) is 5.54. The quantitative estimate of drug-likeness (QED) is 0.788. The van der Waals surface area contributed by atoms with Crippen LogP contribution in [0.2, 0.25) is 0 Å². The number of ether oxygens (including phenoxy) is 2. The topological polar surface area (TPSA) is 85.7 Å². The second-order valence-corrected chi connectivity index (χ2v) is 7.89. The molecule has 2 amide bonds. The lowest BCUT2D eigenvalue weighted by molar-refractivity contribution is 0.0682. The molecule has 2 aliphatic rings. The number of fused-ring (bicyclic) bond motifs is 1. The number of hydrogen-bond donors (Lipinski definition) is 1. The molecule has 1 aliphatic heterocycles. The van der Waals surface area contributed by atoms with Crippen molar-refractivity contribution in [2.24, 2.45) is 0 Å². The Morgan fingerprint density at radius 2 is 1.77 bits per heavy atom. The summed E-state index contributed by atoms with van der Waals surface area (Å²) in [6.45, 7) is 1.51. The molecule has 0 atom stereocenters. The Bertz CT molecular complexity index is 911. The van der Waals surface area contributed by atoms with Crippen LogP contribution in [0.5, 0.6) is 11.5 Å². The monoisotopic (exact) mass is 412 g/mol. The summed E-state index contributed by atoms with van der Waals surface area (Å²) in [4.78, 5) is 27.4. The standard InChI is InChI=1S/C22H28N4O4/c1-29-17-10-15(11-18(12-17)30-2)14-25-8-9-26-20(22(25)28)13-19(24-26)21(27)23-16-6-4-3-5-7-16/h10-13,16H,3-9,14H2,1-2H3,(H,23,27). The number of aromatic nitrogens is 2. The summed E-state index contributed by atoms with van der Waals surface area (Å²) >= 11 is 0. The minimum atomic E-state index is -0.194. The van der Waals surface area contributed by atoms with Crippen molar-refractivity contribution in [2.45, 2.75) is 51.2 Å². The molecule has 1 aromatic heterocycles. The van der Waals surface area contributed by atoms with Crippen molar-refractivity contribution in [1.82, 2.24) is 20.0 Å². The van der Waals surface area contributed by atoms with E-state index in [0.717, 1.165) is 31.2 Å². The molecule has 8 heteroatoms. The minimum Gasteiger partial charge on any atom is -0.497 e. The van der Waals surface area contributed by atoms with Crippen molar-refractivity contribution in [2.75, 3.05) is 20.8 Å². The van der Waals surface area contributed by atoms with E-state index >= 15 is 0 Å². The van der Waals surface area contributed by atoms with Crippen LogP contribution in [0.15, 0.2) is 24.3 Å². The Labute approximate surface area is 176 Å². The molecule has 1 N–H and O–H groups in total. The smallest absolute Gasteiger partial charge is 0.272 e. The first-order valence-corrected chi connectivity index (χ1v) is 10.5. The molecule has 0 saturated heterocycles. The van der Waals surface area contributed by atoms with E-state index in [4.69, 9.17) is 9.47 Å². The maximum atomic E-state index is 13.0. The molecule has 4 rings (SSSR count). The van der Waals surface area contributed by atoms with Crippen LogP contribution in [-0.4, -0.2) is 53.3 Å². The van der Waals surface area contributed by atoms with Crippen LogP contribution < -0.4 is 14.8 Å². The average Bonchev–Trinajstić information content (AvgIpc) is 3.21. The van der Waals surface area contributed by atoms with E-state index in [2.05, 4.69) is 10.4 Å². The van der Waals surface area contributed by atoms with Crippen molar-refractivity contribution in [3.05, 3.63) is 41.2 Å². The molecule has 0 unspecified atom stereocenters. The van der Waals surface area contributed by atoms with Crippen molar-refractivity contribution in [1.29, 1.82) is 0 Å². The summed E-state index contributed by atoms with van der Waals surface area (Å²) in [5.74, 6) is 1.04. The highest BCUT2D eigenvalue weighted by molar-refractivity contribution is 5.98. The third kappa shape index (κ3) is 4.27. The molecule has 1 saturated carbocycles. The summed E-state index contributed by atoms with van der Waals surface area (Å²) in [5.41, 5.74) is 1.68. The zero-order valence-corrected chi connectivity index (χ0v) is 17.5. The van der Waals surface area contributed by atoms with Crippen LogP contribution in [0, 0.1) is 0 Å². The zero-order chi connectivity index (χ0) is 21.1. The normalized spacial score (nSPS) is 16.9. The molecular weight excluding hydrogens is 384 g/mol. The van der Waals surface area contributed by atoms with Crippen LogP contribution in [0.4, 0.5) is 0 Å². The minimum absolute atomic E-state index is 0.132. The molecular formula is C22H28N4O4. The largest absolute Gasteiger partial charge is 0.497 e. The van der Waals surface area contributed by atoms with Crippen LogP contribution in [0.25, 0.3) is 0 Å². The predicted octanol–water partition coefficient (Wildman–Crippen LogP) is 2.62. The average molecular weight is 412 g/mol. The number of benzene rings is 1. The van der Waals surface area contributed by atoms with E-state index in [1.165, 1.54) is 6.42 Å². The molecule has 30 heavy (non-hydrogen) atoms. The Kier molecular flexibility index (Phi) is 5.92. The molecule has 1 aliphatic carbocycles. The number of carbonyl (C=O) groups is 2. The number of nitrogens with one attached hydrogen (secondary N) is 1. The second-order valence-electron chi connectivity index (χ2n) is 7.89. The number of methoxy groups -OCH3 is 2. The molecule has 2 aromatic rings. The van der Waals surface area contributed by atoms with Crippen LogP contribution in [-0.2, 0) is 13.1 Å². The van der Waals surface area contributed by atoms with Gasteiger partial charge in [0.25, 0.3) is 11.8 Å². The van der Waals surface area contributed by atoms with Gasteiger partial charge in [-0.3, -0.25) is 14.3 Å². The van der Waals surface area contributed by atoms with Gasteiger partial charge in [0.1, 0.15) is 17.2 Å².